The van der Waals surface area contributed by atoms with Crippen molar-refractivity contribution in [2.45, 2.75) is 6.61 Å². The number of aryl methyl sites for hydroxylation is 1. The quantitative estimate of drug-likeness (QED) is 0.796. The number of aromatic nitrogens is 1. The van der Waals surface area contributed by atoms with E-state index >= 15 is 0 Å². The molecule has 0 radical (unpaired) electrons. The van der Waals surface area contributed by atoms with E-state index in [1.807, 2.05) is 54.6 Å². The summed E-state index contributed by atoms with van der Waals surface area (Å²) in [5.41, 5.74) is 2.02. The molecule has 2 aromatic carbocycles. The number of hydrogen-bond acceptors (Lipinski definition) is 2. The Hall–Kier alpha value is -2.75. The lowest BCUT2D eigenvalue weighted by Gasteiger charge is -2.07. The molecule has 106 valence electrons. The van der Waals surface area contributed by atoms with Crippen molar-refractivity contribution < 1.29 is 14.6 Å². The van der Waals surface area contributed by atoms with Crippen LogP contribution < -0.4 is 4.74 Å². The number of hydrogen-bond donors (Lipinski definition) is 1. The zero-order chi connectivity index (χ0) is 14.8. The summed E-state index contributed by atoms with van der Waals surface area (Å²) in [7, 11) is 1.74. The first kappa shape index (κ1) is 13.2. The van der Waals surface area contributed by atoms with Gasteiger partial charge < -0.3 is 14.4 Å². The lowest BCUT2D eigenvalue weighted by atomic mass is 10.2. The monoisotopic (exact) mass is 281 g/mol. The van der Waals surface area contributed by atoms with Crippen molar-refractivity contribution in [3.8, 4) is 5.75 Å². The van der Waals surface area contributed by atoms with E-state index in [4.69, 9.17) is 4.74 Å². The Kier molecular flexibility index (Phi) is 3.36. The Morgan fingerprint density at radius 1 is 1.10 bits per heavy atom. The molecule has 0 aliphatic carbocycles. The lowest BCUT2D eigenvalue weighted by Crippen LogP contribution is -2.07. The smallest absolute Gasteiger partial charge is 0.356 e. The van der Waals surface area contributed by atoms with Crippen LogP contribution in [0.3, 0.4) is 0 Å². The molecule has 4 nitrogen and oxygen atoms in total. The fourth-order valence-electron chi connectivity index (χ4n) is 2.47. The average molecular weight is 281 g/mol. The Labute approximate surface area is 122 Å². The highest BCUT2D eigenvalue weighted by molar-refractivity contribution is 6.00. The fourth-order valence-corrected chi connectivity index (χ4v) is 2.47. The molecule has 3 rings (SSSR count). The molecule has 0 saturated heterocycles. The van der Waals surface area contributed by atoms with Gasteiger partial charge in [-0.1, -0.05) is 42.5 Å². The van der Waals surface area contributed by atoms with Crippen LogP contribution in [0.4, 0.5) is 0 Å². The molecule has 0 aliphatic rings. The number of fused-ring (bicyclic) bond motifs is 1. The molecule has 1 heterocycles. The fraction of sp³-hybridized carbons (Fsp3) is 0.118. The van der Waals surface area contributed by atoms with E-state index in [1.165, 1.54) is 0 Å². The Morgan fingerprint density at radius 2 is 1.76 bits per heavy atom. The number of carbonyl (C=O) groups is 1. The molecule has 0 aliphatic heterocycles. The summed E-state index contributed by atoms with van der Waals surface area (Å²) in [5, 5.41) is 10.3. The molecule has 1 N–H and O–H groups in total. The van der Waals surface area contributed by atoms with E-state index in [1.54, 1.807) is 11.6 Å². The average Bonchev–Trinajstić information content (AvgIpc) is 2.79. The number of rotatable bonds is 4. The first-order valence-electron chi connectivity index (χ1n) is 6.66. The van der Waals surface area contributed by atoms with E-state index in [0.717, 1.165) is 16.5 Å². The second-order valence-corrected chi connectivity index (χ2v) is 4.83. The number of carboxylic acids is 1. The van der Waals surface area contributed by atoms with Gasteiger partial charge in [0.05, 0.1) is 5.52 Å². The standard InChI is InChI=1S/C17H15NO3/c1-18-14-10-6-5-9-13(14)16(15(18)17(19)20)21-11-12-7-3-2-4-8-12/h2-10H,11H2,1H3,(H,19,20). The predicted molar refractivity (Wildman–Crippen MR) is 80.7 cm³/mol. The van der Waals surface area contributed by atoms with Crippen molar-refractivity contribution in [3.05, 3.63) is 65.9 Å². The van der Waals surface area contributed by atoms with Crippen molar-refractivity contribution >= 4 is 16.9 Å². The minimum absolute atomic E-state index is 0.173. The van der Waals surface area contributed by atoms with E-state index in [9.17, 15) is 9.90 Å². The summed E-state index contributed by atoms with van der Waals surface area (Å²) in [6.45, 7) is 0.342. The molecule has 1 aromatic heterocycles. The van der Waals surface area contributed by atoms with Crippen LogP contribution in [0.1, 0.15) is 16.1 Å². The number of carboxylic acid groups (broad SMARTS) is 1. The van der Waals surface area contributed by atoms with Crippen LogP contribution in [-0.4, -0.2) is 15.6 Å². The number of benzene rings is 2. The van der Waals surface area contributed by atoms with E-state index in [0.29, 0.717) is 12.4 Å². The Morgan fingerprint density at radius 3 is 2.48 bits per heavy atom. The largest absolute Gasteiger partial charge is 0.486 e. The molecule has 0 amide bonds. The second kappa shape index (κ2) is 5.32. The van der Waals surface area contributed by atoms with Crippen molar-refractivity contribution in [1.29, 1.82) is 0 Å². The van der Waals surface area contributed by atoms with E-state index < -0.39 is 5.97 Å². The highest BCUT2D eigenvalue weighted by Crippen LogP contribution is 2.33. The van der Waals surface area contributed by atoms with Gasteiger partial charge in [0.25, 0.3) is 0 Å². The first-order chi connectivity index (χ1) is 10.2. The predicted octanol–water partition coefficient (Wildman–Crippen LogP) is 3.46. The summed E-state index contributed by atoms with van der Waals surface area (Å²) in [6, 6.07) is 17.2. The third-order valence-electron chi connectivity index (χ3n) is 3.49. The normalized spacial score (nSPS) is 10.7. The van der Waals surface area contributed by atoms with Crippen molar-refractivity contribution in [2.24, 2.45) is 7.05 Å². The van der Waals surface area contributed by atoms with Gasteiger partial charge in [0.2, 0.25) is 0 Å². The Balaban J connectivity index is 2.04. The number of para-hydroxylation sites is 1. The summed E-state index contributed by atoms with van der Waals surface area (Å²) >= 11 is 0. The summed E-state index contributed by atoms with van der Waals surface area (Å²) in [4.78, 5) is 11.5. The molecule has 0 spiro atoms. The SMILES string of the molecule is Cn1c(C(=O)O)c(OCc2ccccc2)c2ccccc21. The highest BCUT2D eigenvalue weighted by atomic mass is 16.5. The third kappa shape index (κ3) is 2.36. The van der Waals surface area contributed by atoms with Gasteiger partial charge in [-0.25, -0.2) is 4.79 Å². The second-order valence-electron chi connectivity index (χ2n) is 4.83. The Bertz CT molecular complexity index is 790. The van der Waals surface area contributed by atoms with E-state index in [2.05, 4.69) is 0 Å². The van der Waals surface area contributed by atoms with Crippen LogP contribution in [0.15, 0.2) is 54.6 Å². The molecular formula is C17H15NO3. The summed E-state index contributed by atoms with van der Waals surface area (Å²) in [5.74, 6) is -0.568. The molecule has 0 fully saturated rings. The highest BCUT2D eigenvalue weighted by Gasteiger charge is 2.21. The number of ether oxygens (including phenoxy) is 1. The maximum atomic E-state index is 11.5. The zero-order valence-electron chi connectivity index (χ0n) is 11.6. The van der Waals surface area contributed by atoms with Crippen molar-refractivity contribution in [1.82, 2.24) is 4.57 Å². The van der Waals surface area contributed by atoms with Crippen LogP contribution in [0.5, 0.6) is 5.75 Å². The third-order valence-corrected chi connectivity index (χ3v) is 3.49. The summed E-state index contributed by atoms with van der Waals surface area (Å²) < 4.78 is 7.47. The number of aromatic carboxylic acids is 1. The van der Waals surface area contributed by atoms with Gasteiger partial charge in [0.1, 0.15) is 6.61 Å². The lowest BCUT2D eigenvalue weighted by molar-refractivity contribution is 0.0681. The molecular weight excluding hydrogens is 266 g/mol. The van der Waals surface area contributed by atoms with Crippen LogP contribution >= 0.6 is 0 Å². The molecule has 4 heteroatoms. The molecule has 3 aromatic rings. The van der Waals surface area contributed by atoms with Gasteiger partial charge in [-0.2, -0.15) is 0 Å². The van der Waals surface area contributed by atoms with Gasteiger partial charge in [-0.15, -0.1) is 0 Å². The van der Waals surface area contributed by atoms with Gasteiger partial charge in [0, 0.05) is 12.4 Å². The van der Waals surface area contributed by atoms with Crippen LogP contribution in [0.2, 0.25) is 0 Å². The molecule has 0 saturated carbocycles. The molecule has 0 bridgehead atoms. The molecule has 0 unspecified atom stereocenters. The van der Waals surface area contributed by atoms with Crippen LogP contribution in [-0.2, 0) is 13.7 Å². The van der Waals surface area contributed by atoms with Gasteiger partial charge in [-0.05, 0) is 17.7 Å². The minimum atomic E-state index is -0.989. The topological polar surface area (TPSA) is 51.5 Å². The first-order valence-corrected chi connectivity index (χ1v) is 6.66. The van der Waals surface area contributed by atoms with E-state index in [-0.39, 0.29) is 5.69 Å². The number of nitrogens with zero attached hydrogens (tertiary/aromatic N) is 1. The van der Waals surface area contributed by atoms with Gasteiger partial charge in [-0.3, -0.25) is 0 Å². The van der Waals surface area contributed by atoms with Crippen LogP contribution in [0.25, 0.3) is 10.9 Å². The van der Waals surface area contributed by atoms with Crippen molar-refractivity contribution in [3.63, 3.8) is 0 Å². The molecule has 21 heavy (non-hydrogen) atoms. The zero-order valence-corrected chi connectivity index (χ0v) is 11.6. The van der Waals surface area contributed by atoms with Gasteiger partial charge in [0.15, 0.2) is 11.4 Å². The maximum absolute atomic E-state index is 11.5. The van der Waals surface area contributed by atoms with Crippen molar-refractivity contribution in [2.75, 3.05) is 0 Å². The minimum Gasteiger partial charge on any atom is -0.486 e. The summed E-state index contributed by atoms with van der Waals surface area (Å²) in [6.07, 6.45) is 0. The van der Waals surface area contributed by atoms with Crippen LogP contribution in [0, 0.1) is 0 Å². The maximum Gasteiger partial charge on any atom is 0.356 e. The molecule has 0 atom stereocenters. The van der Waals surface area contributed by atoms with Gasteiger partial charge >= 0.3 is 5.97 Å².